The topological polar surface area (TPSA) is 55.6 Å². The lowest BCUT2D eigenvalue weighted by Crippen LogP contribution is -2.33. The SMILES string of the molecule is CC.COc1ccccc1C1CCN(c2ccc(C)cc2[N+](=O)[O-])CC1. The van der Waals surface area contributed by atoms with Crippen molar-refractivity contribution in [1.29, 1.82) is 0 Å². The molecule has 0 N–H and O–H groups in total. The van der Waals surface area contributed by atoms with E-state index in [1.54, 1.807) is 13.2 Å². The predicted molar refractivity (Wildman–Crippen MR) is 106 cm³/mol. The number of hydrogen-bond acceptors (Lipinski definition) is 4. The predicted octanol–water partition coefficient (Wildman–Crippen LogP) is 5.32. The fourth-order valence-electron chi connectivity index (χ4n) is 3.48. The maximum absolute atomic E-state index is 11.3. The largest absolute Gasteiger partial charge is 0.496 e. The summed E-state index contributed by atoms with van der Waals surface area (Å²) in [7, 11) is 1.70. The number of nitro groups is 1. The third kappa shape index (κ3) is 4.34. The second-order valence-corrected chi connectivity index (χ2v) is 6.25. The van der Waals surface area contributed by atoms with Gasteiger partial charge in [-0.05, 0) is 48.9 Å². The Morgan fingerprint density at radius 3 is 2.38 bits per heavy atom. The summed E-state index contributed by atoms with van der Waals surface area (Å²) in [4.78, 5) is 13.2. The van der Waals surface area contributed by atoms with Crippen LogP contribution in [0.1, 0.15) is 43.7 Å². The smallest absolute Gasteiger partial charge is 0.292 e. The number of nitro benzene ring substituents is 1. The van der Waals surface area contributed by atoms with Crippen LogP contribution in [0.15, 0.2) is 42.5 Å². The quantitative estimate of drug-likeness (QED) is 0.549. The van der Waals surface area contributed by atoms with Crippen LogP contribution in [-0.2, 0) is 0 Å². The molecule has 0 atom stereocenters. The highest BCUT2D eigenvalue weighted by Gasteiger charge is 2.26. The third-order valence-electron chi connectivity index (χ3n) is 4.74. The second kappa shape index (κ2) is 9.22. The van der Waals surface area contributed by atoms with E-state index in [2.05, 4.69) is 11.0 Å². The van der Waals surface area contributed by atoms with Crippen molar-refractivity contribution >= 4 is 11.4 Å². The van der Waals surface area contributed by atoms with Crippen molar-refractivity contribution in [3.05, 3.63) is 63.7 Å². The Balaban J connectivity index is 0.00000117. The summed E-state index contributed by atoms with van der Waals surface area (Å²) in [5.41, 5.74) is 3.07. The van der Waals surface area contributed by atoms with Gasteiger partial charge >= 0.3 is 0 Å². The van der Waals surface area contributed by atoms with Crippen molar-refractivity contribution in [1.82, 2.24) is 0 Å². The van der Waals surface area contributed by atoms with Gasteiger partial charge in [0.25, 0.3) is 5.69 Å². The van der Waals surface area contributed by atoms with Crippen LogP contribution in [-0.4, -0.2) is 25.1 Å². The van der Waals surface area contributed by atoms with Gasteiger partial charge in [0.15, 0.2) is 0 Å². The van der Waals surface area contributed by atoms with Gasteiger partial charge in [0.1, 0.15) is 11.4 Å². The van der Waals surface area contributed by atoms with E-state index in [1.807, 2.05) is 51.1 Å². The molecule has 0 bridgehead atoms. The summed E-state index contributed by atoms with van der Waals surface area (Å²) in [6.07, 6.45) is 1.93. The molecule has 0 saturated carbocycles. The number of piperidine rings is 1. The van der Waals surface area contributed by atoms with Gasteiger partial charge in [-0.2, -0.15) is 0 Å². The van der Waals surface area contributed by atoms with Gasteiger partial charge in [-0.1, -0.05) is 38.1 Å². The van der Waals surface area contributed by atoms with Crippen molar-refractivity contribution in [2.45, 2.75) is 39.5 Å². The number of benzene rings is 2. The number of anilines is 1. The normalized spacial score (nSPS) is 14.4. The molecule has 1 aliphatic rings. The zero-order valence-electron chi connectivity index (χ0n) is 16.1. The zero-order valence-corrected chi connectivity index (χ0v) is 16.1. The summed E-state index contributed by atoms with van der Waals surface area (Å²) in [5.74, 6) is 1.36. The molecule has 0 spiro atoms. The first-order valence-electron chi connectivity index (χ1n) is 9.23. The fraction of sp³-hybridized carbons (Fsp3) is 0.429. The van der Waals surface area contributed by atoms with Crippen LogP contribution in [0, 0.1) is 17.0 Å². The van der Waals surface area contributed by atoms with E-state index in [4.69, 9.17) is 4.74 Å². The lowest BCUT2D eigenvalue weighted by Gasteiger charge is -2.34. The zero-order chi connectivity index (χ0) is 19.1. The minimum absolute atomic E-state index is 0.200. The van der Waals surface area contributed by atoms with Gasteiger partial charge in [0.05, 0.1) is 12.0 Å². The number of rotatable bonds is 4. The molecule has 1 saturated heterocycles. The van der Waals surface area contributed by atoms with Crippen LogP contribution in [0.3, 0.4) is 0 Å². The van der Waals surface area contributed by atoms with Crippen molar-refractivity contribution < 1.29 is 9.66 Å². The number of aryl methyl sites for hydroxylation is 1. The van der Waals surface area contributed by atoms with E-state index in [0.717, 1.165) is 42.9 Å². The molecule has 5 heteroatoms. The number of ether oxygens (including phenoxy) is 1. The molecular weight excluding hydrogens is 328 g/mol. The van der Waals surface area contributed by atoms with Crippen molar-refractivity contribution in [2.75, 3.05) is 25.1 Å². The third-order valence-corrected chi connectivity index (χ3v) is 4.74. The van der Waals surface area contributed by atoms with Gasteiger partial charge in [0, 0.05) is 19.2 Å². The van der Waals surface area contributed by atoms with Gasteiger partial charge in [-0.25, -0.2) is 0 Å². The monoisotopic (exact) mass is 356 g/mol. The molecular formula is C21H28N2O3. The molecule has 0 aromatic heterocycles. The first-order valence-corrected chi connectivity index (χ1v) is 9.23. The lowest BCUT2D eigenvalue weighted by atomic mass is 9.88. The average Bonchev–Trinajstić information content (AvgIpc) is 2.69. The Morgan fingerprint density at radius 1 is 1.12 bits per heavy atom. The standard InChI is InChI=1S/C19H22N2O3.C2H6/c1-14-7-8-17(18(13-14)21(22)23)20-11-9-15(10-12-20)16-5-3-4-6-19(16)24-2;1-2/h3-8,13,15H,9-12H2,1-2H3;1-2H3. The fourth-order valence-corrected chi connectivity index (χ4v) is 3.48. The van der Waals surface area contributed by atoms with Crippen LogP contribution >= 0.6 is 0 Å². The van der Waals surface area contributed by atoms with Crippen LogP contribution in [0.25, 0.3) is 0 Å². The van der Waals surface area contributed by atoms with Crippen LogP contribution in [0.4, 0.5) is 11.4 Å². The summed E-state index contributed by atoms with van der Waals surface area (Å²) < 4.78 is 5.47. The van der Waals surface area contributed by atoms with E-state index in [-0.39, 0.29) is 10.6 Å². The van der Waals surface area contributed by atoms with E-state index in [1.165, 1.54) is 5.56 Å². The van der Waals surface area contributed by atoms with Crippen molar-refractivity contribution in [3.8, 4) is 5.75 Å². The maximum Gasteiger partial charge on any atom is 0.292 e. The molecule has 1 heterocycles. The molecule has 1 aliphatic heterocycles. The van der Waals surface area contributed by atoms with E-state index >= 15 is 0 Å². The summed E-state index contributed by atoms with van der Waals surface area (Å²) in [5, 5.41) is 11.3. The summed E-state index contributed by atoms with van der Waals surface area (Å²) in [6, 6.07) is 13.6. The van der Waals surface area contributed by atoms with Crippen LogP contribution in [0.2, 0.25) is 0 Å². The minimum atomic E-state index is -0.283. The lowest BCUT2D eigenvalue weighted by molar-refractivity contribution is -0.384. The Labute approximate surface area is 155 Å². The number of hydrogen-bond donors (Lipinski definition) is 0. The Hall–Kier alpha value is -2.56. The summed E-state index contributed by atoms with van der Waals surface area (Å²) >= 11 is 0. The molecule has 2 aromatic carbocycles. The molecule has 0 aliphatic carbocycles. The summed E-state index contributed by atoms with van der Waals surface area (Å²) in [6.45, 7) is 7.50. The first kappa shape index (κ1) is 19.8. The Bertz CT molecular complexity index is 738. The van der Waals surface area contributed by atoms with Gasteiger partial charge in [0.2, 0.25) is 0 Å². The Kier molecular flexibility index (Phi) is 7.01. The molecule has 140 valence electrons. The number of nitrogens with zero attached hydrogens (tertiary/aromatic N) is 2. The molecule has 0 amide bonds. The molecule has 0 unspecified atom stereocenters. The molecule has 2 aromatic rings. The Morgan fingerprint density at radius 2 is 1.77 bits per heavy atom. The molecule has 1 fully saturated rings. The van der Waals surface area contributed by atoms with E-state index in [0.29, 0.717) is 5.92 Å². The molecule has 0 radical (unpaired) electrons. The van der Waals surface area contributed by atoms with Crippen molar-refractivity contribution in [3.63, 3.8) is 0 Å². The van der Waals surface area contributed by atoms with E-state index in [9.17, 15) is 10.1 Å². The molecule has 26 heavy (non-hydrogen) atoms. The van der Waals surface area contributed by atoms with Gasteiger partial charge in [-0.3, -0.25) is 10.1 Å². The van der Waals surface area contributed by atoms with Gasteiger partial charge < -0.3 is 9.64 Å². The minimum Gasteiger partial charge on any atom is -0.496 e. The maximum atomic E-state index is 11.3. The van der Waals surface area contributed by atoms with Crippen LogP contribution < -0.4 is 9.64 Å². The van der Waals surface area contributed by atoms with Crippen molar-refractivity contribution in [2.24, 2.45) is 0 Å². The highest BCUT2D eigenvalue weighted by atomic mass is 16.6. The van der Waals surface area contributed by atoms with Gasteiger partial charge in [-0.15, -0.1) is 0 Å². The number of methoxy groups -OCH3 is 1. The first-order chi connectivity index (χ1) is 12.6. The average molecular weight is 356 g/mol. The molecule has 5 nitrogen and oxygen atoms in total. The highest BCUT2D eigenvalue weighted by molar-refractivity contribution is 5.64. The van der Waals surface area contributed by atoms with E-state index < -0.39 is 0 Å². The molecule has 3 rings (SSSR count). The van der Waals surface area contributed by atoms with Crippen LogP contribution in [0.5, 0.6) is 5.75 Å². The number of para-hydroxylation sites is 1. The second-order valence-electron chi connectivity index (χ2n) is 6.25. The highest BCUT2D eigenvalue weighted by Crippen LogP contribution is 2.37.